The monoisotopic (exact) mass is 384 g/mol. The highest BCUT2D eigenvalue weighted by Crippen LogP contribution is 2.21. The van der Waals surface area contributed by atoms with E-state index < -0.39 is 0 Å². The summed E-state index contributed by atoms with van der Waals surface area (Å²) < 4.78 is 0. The van der Waals surface area contributed by atoms with Crippen LogP contribution in [0.4, 0.5) is 5.69 Å². The summed E-state index contributed by atoms with van der Waals surface area (Å²) in [4.78, 5) is 16.8. The molecule has 1 amide bonds. The first-order valence-corrected chi connectivity index (χ1v) is 11.1. The average molecular weight is 385 g/mol. The SMILES string of the molecule is CCCCCCCCCCCCCC(=Nc1ccccc1)C1=C(O)CNC1=O. The average Bonchev–Trinajstić information content (AvgIpc) is 3.04. The topological polar surface area (TPSA) is 61.7 Å². The molecule has 0 bridgehead atoms. The number of aliphatic hydroxyl groups is 1. The number of hydrogen-bond donors (Lipinski definition) is 2. The lowest BCUT2D eigenvalue weighted by atomic mass is 10.0. The number of para-hydroxylation sites is 1. The predicted octanol–water partition coefficient (Wildman–Crippen LogP) is 6.40. The first-order chi connectivity index (χ1) is 13.7. The van der Waals surface area contributed by atoms with Crippen LogP contribution in [-0.4, -0.2) is 23.3 Å². The van der Waals surface area contributed by atoms with E-state index in [0.29, 0.717) is 11.3 Å². The van der Waals surface area contributed by atoms with Gasteiger partial charge in [-0.2, -0.15) is 0 Å². The molecule has 1 aliphatic rings. The zero-order valence-corrected chi connectivity index (χ0v) is 17.4. The van der Waals surface area contributed by atoms with Crippen molar-refractivity contribution in [3.63, 3.8) is 0 Å². The Morgan fingerprint density at radius 3 is 2.04 bits per heavy atom. The summed E-state index contributed by atoms with van der Waals surface area (Å²) in [5, 5.41) is 12.8. The van der Waals surface area contributed by atoms with Crippen molar-refractivity contribution in [1.82, 2.24) is 5.32 Å². The number of amides is 1. The lowest BCUT2D eigenvalue weighted by molar-refractivity contribution is -0.116. The highest BCUT2D eigenvalue weighted by molar-refractivity contribution is 6.23. The number of nitrogens with zero attached hydrogens (tertiary/aromatic N) is 1. The first-order valence-electron chi connectivity index (χ1n) is 11.1. The molecule has 154 valence electrons. The molecule has 0 saturated heterocycles. The fraction of sp³-hybridized carbons (Fsp3) is 0.583. The summed E-state index contributed by atoms with van der Waals surface area (Å²) in [6.07, 6.45) is 14.9. The molecule has 0 aliphatic carbocycles. The van der Waals surface area contributed by atoms with Gasteiger partial charge in [0.15, 0.2) is 0 Å². The molecule has 1 heterocycles. The number of benzene rings is 1. The Morgan fingerprint density at radius 1 is 0.929 bits per heavy atom. The van der Waals surface area contributed by atoms with Crippen molar-refractivity contribution in [3.8, 4) is 0 Å². The normalized spacial score (nSPS) is 14.6. The number of rotatable bonds is 14. The molecule has 4 nitrogen and oxygen atoms in total. The molecule has 0 fully saturated rings. The van der Waals surface area contributed by atoms with Crippen molar-refractivity contribution >= 4 is 17.3 Å². The lowest BCUT2D eigenvalue weighted by Gasteiger charge is -2.08. The van der Waals surface area contributed by atoms with Gasteiger partial charge in [0.25, 0.3) is 5.91 Å². The van der Waals surface area contributed by atoms with E-state index in [1.165, 1.54) is 57.8 Å². The Hall–Kier alpha value is -2.10. The first kappa shape index (κ1) is 22.2. The van der Waals surface area contributed by atoms with Crippen molar-refractivity contribution in [3.05, 3.63) is 41.7 Å². The quantitative estimate of drug-likeness (QED) is 0.288. The molecule has 1 aromatic carbocycles. The molecule has 0 spiro atoms. The number of unbranched alkanes of at least 4 members (excludes halogenated alkanes) is 10. The maximum atomic E-state index is 12.1. The van der Waals surface area contributed by atoms with E-state index >= 15 is 0 Å². The van der Waals surface area contributed by atoms with E-state index in [-0.39, 0.29) is 18.2 Å². The van der Waals surface area contributed by atoms with Crippen LogP contribution in [0.1, 0.15) is 84.0 Å². The van der Waals surface area contributed by atoms with Gasteiger partial charge in [0.1, 0.15) is 11.3 Å². The number of aliphatic imine (C=N–C) groups is 1. The number of aliphatic hydroxyl groups excluding tert-OH is 1. The fourth-order valence-electron chi connectivity index (χ4n) is 3.62. The van der Waals surface area contributed by atoms with E-state index in [1.807, 2.05) is 30.3 Å². The Balaban J connectivity index is 1.74. The van der Waals surface area contributed by atoms with E-state index in [9.17, 15) is 9.90 Å². The molecule has 0 aromatic heterocycles. The summed E-state index contributed by atoms with van der Waals surface area (Å²) in [7, 11) is 0. The third-order valence-electron chi connectivity index (χ3n) is 5.26. The van der Waals surface area contributed by atoms with Gasteiger partial charge in [-0.05, 0) is 25.0 Å². The zero-order chi connectivity index (χ0) is 20.0. The van der Waals surface area contributed by atoms with Crippen molar-refractivity contribution < 1.29 is 9.90 Å². The largest absolute Gasteiger partial charge is 0.510 e. The van der Waals surface area contributed by atoms with Gasteiger partial charge in [0.2, 0.25) is 0 Å². The maximum Gasteiger partial charge on any atom is 0.257 e. The van der Waals surface area contributed by atoms with Crippen molar-refractivity contribution in [2.24, 2.45) is 4.99 Å². The van der Waals surface area contributed by atoms with E-state index in [2.05, 4.69) is 17.2 Å². The number of nitrogens with one attached hydrogen (secondary N) is 1. The van der Waals surface area contributed by atoms with Crippen LogP contribution < -0.4 is 5.32 Å². The van der Waals surface area contributed by atoms with Crippen LogP contribution in [0.3, 0.4) is 0 Å². The van der Waals surface area contributed by atoms with Crippen LogP contribution >= 0.6 is 0 Å². The molecule has 1 aliphatic heterocycles. The van der Waals surface area contributed by atoms with E-state index in [0.717, 1.165) is 24.9 Å². The van der Waals surface area contributed by atoms with Crippen LogP contribution in [-0.2, 0) is 4.79 Å². The molecular weight excluding hydrogens is 348 g/mol. The van der Waals surface area contributed by atoms with Gasteiger partial charge in [-0.3, -0.25) is 9.79 Å². The second kappa shape index (κ2) is 13.1. The predicted molar refractivity (Wildman–Crippen MR) is 117 cm³/mol. The summed E-state index contributed by atoms with van der Waals surface area (Å²) in [6, 6.07) is 9.65. The molecule has 0 saturated carbocycles. The number of carbonyl (C=O) groups excluding carboxylic acids is 1. The van der Waals surface area contributed by atoms with Gasteiger partial charge >= 0.3 is 0 Å². The summed E-state index contributed by atoms with van der Waals surface area (Å²) in [6.45, 7) is 2.47. The molecular formula is C24H36N2O2. The molecule has 1 aromatic rings. The van der Waals surface area contributed by atoms with Gasteiger partial charge < -0.3 is 10.4 Å². The van der Waals surface area contributed by atoms with Crippen LogP contribution in [0.5, 0.6) is 0 Å². The molecule has 0 radical (unpaired) electrons. The second-order valence-electron chi connectivity index (χ2n) is 7.68. The van der Waals surface area contributed by atoms with Crippen molar-refractivity contribution in [1.29, 1.82) is 0 Å². The summed E-state index contributed by atoms with van der Waals surface area (Å²) in [5.41, 5.74) is 1.89. The molecule has 4 heteroatoms. The third-order valence-corrected chi connectivity index (χ3v) is 5.26. The summed E-state index contributed by atoms with van der Waals surface area (Å²) >= 11 is 0. The Morgan fingerprint density at radius 2 is 1.50 bits per heavy atom. The third kappa shape index (κ3) is 7.87. The fourth-order valence-corrected chi connectivity index (χ4v) is 3.62. The number of hydrogen-bond acceptors (Lipinski definition) is 3. The second-order valence-corrected chi connectivity index (χ2v) is 7.68. The van der Waals surface area contributed by atoms with Crippen LogP contribution in [0.2, 0.25) is 0 Å². The number of carbonyl (C=O) groups is 1. The van der Waals surface area contributed by atoms with E-state index in [4.69, 9.17) is 0 Å². The van der Waals surface area contributed by atoms with Crippen molar-refractivity contribution in [2.75, 3.05) is 6.54 Å². The lowest BCUT2D eigenvalue weighted by Crippen LogP contribution is -2.21. The Bertz CT molecular complexity index is 650. The van der Waals surface area contributed by atoms with E-state index in [1.54, 1.807) is 0 Å². The highest BCUT2D eigenvalue weighted by Gasteiger charge is 2.26. The van der Waals surface area contributed by atoms with Gasteiger partial charge in [-0.15, -0.1) is 0 Å². The highest BCUT2D eigenvalue weighted by atomic mass is 16.3. The molecule has 2 N–H and O–H groups in total. The minimum absolute atomic E-state index is 0.114. The smallest absolute Gasteiger partial charge is 0.257 e. The Labute approximate surface area is 170 Å². The molecule has 0 atom stereocenters. The molecule has 2 rings (SSSR count). The Kier molecular flexibility index (Phi) is 10.4. The van der Waals surface area contributed by atoms with Crippen LogP contribution in [0.25, 0.3) is 0 Å². The van der Waals surface area contributed by atoms with Crippen LogP contribution in [0.15, 0.2) is 46.7 Å². The van der Waals surface area contributed by atoms with Crippen molar-refractivity contribution in [2.45, 2.75) is 84.0 Å². The molecule has 0 unspecified atom stereocenters. The van der Waals surface area contributed by atoms with Gasteiger partial charge in [-0.25, -0.2) is 0 Å². The van der Waals surface area contributed by atoms with Crippen LogP contribution in [0, 0.1) is 0 Å². The van der Waals surface area contributed by atoms with Gasteiger partial charge in [0.05, 0.1) is 17.9 Å². The molecule has 28 heavy (non-hydrogen) atoms. The van der Waals surface area contributed by atoms with Gasteiger partial charge in [0, 0.05) is 0 Å². The maximum absolute atomic E-state index is 12.1. The minimum atomic E-state index is -0.213. The van der Waals surface area contributed by atoms with Gasteiger partial charge in [-0.1, -0.05) is 89.3 Å². The zero-order valence-electron chi connectivity index (χ0n) is 17.4. The minimum Gasteiger partial charge on any atom is -0.510 e. The summed E-state index contributed by atoms with van der Waals surface area (Å²) in [5.74, 6) is -0.0991. The standard InChI is InChI=1S/C24H36N2O2/c1-2-3-4-5-6-7-8-9-10-11-15-18-21(23-22(27)19-25-24(23)28)26-20-16-13-12-14-17-20/h12-14,16-17,27H,2-11,15,18-19H2,1H3,(H,25,28).